The predicted molar refractivity (Wildman–Crippen MR) is 70.2 cm³/mol. The zero-order valence-corrected chi connectivity index (χ0v) is 10.8. The minimum atomic E-state index is -0.365. The highest BCUT2D eigenvalue weighted by atomic mass is 19.1. The van der Waals surface area contributed by atoms with E-state index in [1.807, 2.05) is 0 Å². The van der Waals surface area contributed by atoms with E-state index in [9.17, 15) is 8.78 Å². The van der Waals surface area contributed by atoms with E-state index in [0.29, 0.717) is 22.6 Å². The molecule has 0 aliphatic carbocycles. The Balaban J connectivity index is 2.38. The van der Waals surface area contributed by atoms with E-state index in [2.05, 4.69) is 0 Å². The standard InChI is InChI=1S/C15H15F2NO/c1-9-7-11(16)3-5-14(9)19-15-6-4-12(17)8-13(15)10(2)18/h3-8,10H,18H2,1-2H3/t10-/m1/s1. The third-order valence-corrected chi connectivity index (χ3v) is 2.82. The minimum absolute atomic E-state index is 0.323. The Hall–Kier alpha value is -1.94. The van der Waals surface area contributed by atoms with Gasteiger partial charge >= 0.3 is 0 Å². The van der Waals surface area contributed by atoms with Gasteiger partial charge < -0.3 is 10.5 Å². The van der Waals surface area contributed by atoms with Crippen LogP contribution in [0.3, 0.4) is 0 Å². The number of hydrogen-bond donors (Lipinski definition) is 1. The van der Waals surface area contributed by atoms with Crippen molar-refractivity contribution in [1.29, 1.82) is 0 Å². The maximum absolute atomic E-state index is 13.2. The van der Waals surface area contributed by atoms with E-state index < -0.39 is 0 Å². The molecule has 100 valence electrons. The molecule has 2 rings (SSSR count). The van der Waals surface area contributed by atoms with E-state index >= 15 is 0 Å². The molecular weight excluding hydrogens is 248 g/mol. The van der Waals surface area contributed by atoms with Crippen molar-refractivity contribution in [3.63, 3.8) is 0 Å². The fourth-order valence-electron chi connectivity index (χ4n) is 1.81. The second-order valence-corrected chi connectivity index (χ2v) is 4.48. The van der Waals surface area contributed by atoms with Gasteiger partial charge in [-0.3, -0.25) is 0 Å². The van der Waals surface area contributed by atoms with Crippen molar-refractivity contribution in [3.05, 3.63) is 59.2 Å². The molecule has 19 heavy (non-hydrogen) atoms. The lowest BCUT2D eigenvalue weighted by Crippen LogP contribution is -2.07. The number of halogens is 2. The van der Waals surface area contributed by atoms with Crippen LogP contribution in [0, 0.1) is 18.6 Å². The molecule has 0 radical (unpaired) electrons. The highest BCUT2D eigenvalue weighted by Gasteiger charge is 2.11. The number of aryl methyl sites for hydroxylation is 1. The van der Waals surface area contributed by atoms with E-state index in [0.717, 1.165) is 0 Å². The van der Waals surface area contributed by atoms with E-state index in [1.54, 1.807) is 19.9 Å². The van der Waals surface area contributed by atoms with Crippen molar-refractivity contribution >= 4 is 0 Å². The highest BCUT2D eigenvalue weighted by molar-refractivity contribution is 5.42. The first-order valence-electron chi connectivity index (χ1n) is 5.96. The molecule has 1 atom stereocenters. The molecule has 2 aromatic rings. The van der Waals surface area contributed by atoms with Gasteiger partial charge in [0.05, 0.1) is 0 Å². The minimum Gasteiger partial charge on any atom is -0.457 e. The molecule has 0 fully saturated rings. The second kappa shape index (κ2) is 5.36. The van der Waals surface area contributed by atoms with Crippen molar-refractivity contribution in [3.8, 4) is 11.5 Å². The summed E-state index contributed by atoms with van der Waals surface area (Å²) in [7, 11) is 0. The summed E-state index contributed by atoms with van der Waals surface area (Å²) >= 11 is 0. The highest BCUT2D eigenvalue weighted by Crippen LogP contribution is 2.31. The van der Waals surface area contributed by atoms with Gasteiger partial charge in [-0.1, -0.05) is 0 Å². The van der Waals surface area contributed by atoms with Crippen LogP contribution in [0.5, 0.6) is 11.5 Å². The summed E-state index contributed by atoms with van der Waals surface area (Å²) in [6.07, 6.45) is 0. The first-order chi connectivity index (χ1) is 8.97. The smallest absolute Gasteiger partial charge is 0.132 e. The molecule has 4 heteroatoms. The summed E-state index contributed by atoms with van der Waals surface area (Å²) in [6.45, 7) is 3.49. The van der Waals surface area contributed by atoms with Crippen LogP contribution in [0.2, 0.25) is 0 Å². The molecule has 0 aliphatic heterocycles. The summed E-state index contributed by atoms with van der Waals surface area (Å²) < 4.78 is 31.9. The van der Waals surface area contributed by atoms with Crippen LogP contribution < -0.4 is 10.5 Å². The number of ether oxygens (including phenoxy) is 1. The maximum atomic E-state index is 13.2. The normalized spacial score (nSPS) is 12.3. The largest absolute Gasteiger partial charge is 0.457 e. The van der Waals surface area contributed by atoms with Gasteiger partial charge in [0.15, 0.2) is 0 Å². The molecule has 2 nitrogen and oxygen atoms in total. The van der Waals surface area contributed by atoms with Crippen LogP contribution >= 0.6 is 0 Å². The second-order valence-electron chi connectivity index (χ2n) is 4.48. The average Bonchev–Trinajstić information content (AvgIpc) is 2.34. The first kappa shape index (κ1) is 13.5. The molecule has 0 aromatic heterocycles. The Morgan fingerprint density at radius 3 is 2.16 bits per heavy atom. The van der Waals surface area contributed by atoms with Crippen LogP contribution in [0.1, 0.15) is 24.1 Å². The molecule has 2 N–H and O–H groups in total. The topological polar surface area (TPSA) is 35.2 Å². The lowest BCUT2D eigenvalue weighted by atomic mass is 10.1. The molecule has 0 bridgehead atoms. The fourth-order valence-corrected chi connectivity index (χ4v) is 1.81. The van der Waals surface area contributed by atoms with Crippen molar-refractivity contribution in [1.82, 2.24) is 0 Å². The fraction of sp³-hybridized carbons (Fsp3) is 0.200. The SMILES string of the molecule is Cc1cc(F)ccc1Oc1ccc(F)cc1[C@@H](C)N. The summed E-state index contributed by atoms with van der Waals surface area (Å²) in [4.78, 5) is 0. The van der Waals surface area contributed by atoms with Crippen molar-refractivity contribution < 1.29 is 13.5 Å². The van der Waals surface area contributed by atoms with Crippen LogP contribution in [-0.2, 0) is 0 Å². The third kappa shape index (κ3) is 3.09. The van der Waals surface area contributed by atoms with Crippen LogP contribution in [0.25, 0.3) is 0 Å². The van der Waals surface area contributed by atoms with Crippen LogP contribution in [-0.4, -0.2) is 0 Å². The number of rotatable bonds is 3. The Labute approximate surface area is 110 Å². The summed E-state index contributed by atoms with van der Waals surface area (Å²) in [5.41, 5.74) is 7.03. The Morgan fingerprint density at radius 2 is 1.58 bits per heavy atom. The molecule has 2 aromatic carbocycles. The molecule has 0 saturated heterocycles. The molecule has 0 amide bonds. The Morgan fingerprint density at radius 1 is 1.00 bits per heavy atom. The van der Waals surface area contributed by atoms with Gasteiger partial charge in [0.2, 0.25) is 0 Å². The zero-order valence-electron chi connectivity index (χ0n) is 10.8. The quantitative estimate of drug-likeness (QED) is 0.905. The maximum Gasteiger partial charge on any atom is 0.132 e. The van der Waals surface area contributed by atoms with Gasteiger partial charge in [-0.15, -0.1) is 0 Å². The molecule has 0 heterocycles. The monoisotopic (exact) mass is 263 g/mol. The summed E-state index contributed by atoms with van der Waals surface area (Å²) in [6, 6.07) is 8.06. The molecular formula is C15H15F2NO. The van der Waals surface area contributed by atoms with E-state index in [-0.39, 0.29) is 17.7 Å². The molecule has 0 spiro atoms. The molecule has 0 saturated carbocycles. The summed E-state index contributed by atoms with van der Waals surface area (Å²) in [5.74, 6) is 0.313. The van der Waals surface area contributed by atoms with Gasteiger partial charge in [-0.2, -0.15) is 0 Å². The first-order valence-corrected chi connectivity index (χ1v) is 5.96. The number of hydrogen-bond acceptors (Lipinski definition) is 2. The van der Waals surface area contributed by atoms with Gasteiger partial charge in [0.25, 0.3) is 0 Å². The summed E-state index contributed by atoms with van der Waals surface area (Å²) in [5, 5.41) is 0. The van der Waals surface area contributed by atoms with Crippen LogP contribution in [0.15, 0.2) is 36.4 Å². The predicted octanol–water partition coefficient (Wildman–Crippen LogP) is 4.09. The Kier molecular flexibility index (Phi) is 3.81. The van der Waals surface area contributed by atoms with Gasteiger partial charge in [0, 0.05) is 11.6 Å². The zero-order chi connectivity index (χ0) is 14.0. The van der Waals surface area contributed by atoms with Crippen LogP contribution in [0.4, 0.5) is 8.78 Å². The van der Waals surface area contributed by atoms with E-state index in [4.69, 9.17) is 10.5 Å². The van der Waals surface area contributed by atoms with Gasteiger partial charge in [-0.05, 0) is 55.8 Å². The van der Waals surface area contributed by atoms with Crippen molar-refractivity contribution in [2.24, 2.45) is 5.73 Å². The number of benzene rings is 2. The third-order valence-electron chi connectivity index (χ3n) is 2.82. The molecule has 0 unspecified atom stereocenters. The lowest BCUT2D eigenvalue weighted by molar-refractivity contribution is 0.464. The Bertz CT molecular complexity index is 597. The van der Waals surface area contributed by atoms with Crippen molar-refractivity contribution in [2.45, 2.75) is 19.9 Å². The molecule has 0 aliphatic rings. The van der Waals surface area contributed by atoms with E-state index in [1.165, 1.54) is 30.3 Å². The lowest BCUT2D eigenvalue weighted by Gasteiger charge is -2.15. The van der Waals surface area contributed by atoms with Crippen molar-refractivity contribution in [2.75, 3.05) is 0 Å². The average molecular weight is 263 g/mol. The van der Waals surface area contributed by atoms with Gasteiger partial charge in [0.1, 0.15) is 23.1 Å². The van der Waals surface area contributed by atoms with Gasteiger partial charge in [-0.25, -0.2) is 8.78 Å². The number of nitrogens with two attached hydrogens (primary N) is 1.